The maximum absolute atomic E-state index is 12.3. The van der Waals surface area contributed by atoms with E-state index in [9.17, 15) is 4.79 Å². The van der Waals surface area contributed by atoms with Crippen LogP contribution < -0.4 is 10.1 Å². The van der Waals surface area contributed by atoms with Crippen LogP contribution in [0, 0.1) is 0 Å². The molecule has 7 nitrogen and oxygen atoms in total. The largest absolute Gasteiger partial charge is 0.487 e. The number of hydrogen-bond acceptors (Lipinski definition) is 6. The van der Waals surface area contributed by atoms with Gasteiger partial charge in [-0.05, 0) is 61.2 Å². The molecule has 0 fully saturated rings. The van der Waals surface area contributed by atoms with Gasteiger partial charge in [-0.25, -0.2) is 4.98 Å². The number of ether oxygens (including phenoxy) is 1. The van der Waals surface area contributed by atoms with Gasteiger partial charge in [-0.15, -0.1) is 16.4 Å². The van der Waals surface area contributed by atoms with Crippen molar-refractivity contribution in [2.45, 2.75) is 32.4 Å². The number of amides is 1. The van der Waals surface area contributed by atoms with Crippen molar-refractivity contribution >= 4 is 34.0 Å². The number of nitrogens with zero attached hydrogens (tertiary/aromatic N) is 4. The third-order valence-electron chi connectivity index (χ3n) is 4.76. The molecule has 2 aromatic carbocycles. The molecule has 1 N–H and O–H groups in total. The number of hydrogen-bond donors (Lipinski definition) is 1. The monoisotopic (exact) mass is 467 g/mol. The Morgan fingerprint density at radius 1 is 1.09 bits per heavy atom. The summed E-state index contributed by atoms with van der Waals surface area (Å²) in [7, 11) is 0. The number of unbranched alkanes of at least 4 members (excludes halogenated alkanes) is 1. The van der Waals surface area contributed by atoms with Gasteiger partial charge in [0.05, 0.1) is 11.9 Å². The van der Waals surface area contributed by atoms with Crippen molar-refractivity contribution in [3.63, 3.8) is 0 Å². The number of carbonyl (C=O) groups is 1. The molecule has 1 amide bonds. The van der Waals surface area contributed by atoms with Crippen molar-refractivity contribution in [2.24, 2.45) is 0 Å². The molecule has 0 saturated carbocycles. The number of halogens is 1. The first-order valence-electron chi connectivity index (χ1n) is 10.2. The lowest BCUT2D eigenvalue weighted by Crippen LogP contribution is -2.11. The third kappa shape index (κ3) is 6.38. The van der Waals surface area contributed by atoms with Crippen molar-refractivity contribution in [1.82, 2.24) is 20.0 Å². The zero-order valence-electron chi connectivity index (χ0n) is 17.3. The van der Waals surface area contributed by atoms with E-state index in [0.29, 0.717) is 22.3 Å². The maximum atomic E-state index is 12.3. The van der Waals surface area contributed by atoms with E-state index in [1.165, 1.54) is 16.9 Å². The van der Waals surface area contributed by atoms with Crippen molar-refractivity contribution in [3.05, 3.63) is 88.1 Å². The van der Waals surface area contributed by atoms with E-state index in [-0.39, 0.29) is 5.91 Å². The van der Waals surface area contributed by atoms with Crippen LogP contribution in [0.1, 0.15) is 34.5 Å². The number of rotatable bonds is 10. The Morgan fingerprint density at radius 2 is 1.91 bits per heavy atom. The molecular weight excluding hydrogens is 446 g/mol. The second-order valence-electron chi connectivity index (χ2n) is 7.16. The molecule has 0 spiro atoms. The van der Waals surface area contributed by atoms with Gasteiger partial charge >= 0.3 is 0 Å². The normalized spacial score (nSPS) is 10.8. The standard InChI is InChI=1S/C23H22ClN5O2S/c24-19-8-6-18(7-9-19)22(30)27-23-26-20(16-32-23)15-31-21-10-4-17(5-11-21)3-1-2-13-29-14-12-25-28-29/h4-12,14,16H,1-3,13,15H2,(H,26,27,30). The lowest BCUT2D eigenvalue weighted by Gasteiger charge is -2.06. The molecule has 164 valence electrons. The molecule has 0 saturated heterocycles. The predicted molar refractivity (Wildman–Crippen MR) is 125 cm³/mol. The highest BCUT2D eigenvalue weighted by Crippen LogP contribution is 2.20. The summed E-state index contributed by atoms with van der Waals surface area (Å²) in [6.45, 7) is 1.22. The van der Waals surface area contributed by atoms with Gasteiger partial charge in [0.15, 0.2) is 5.13 Å². The highest BCUT2D eigenvalue weighted by Gasteiger charge is 2.09. The van der Waals surface area contributed by atoms with Gasteiger partial charge < -0.3 is 4.74 Å². The molecular formula is C23H22ClN5O2S. The van der Waals surface area contributed by atoms with Crippen molar-refractivity contribution in [3.8, 4) is 5.75 Å². The Morgan fingerprint density at radius 3 is 2.66 bits per heavy atom. The average Bonchev–Trinajstić information content (AvgIpc) is 3.49. The second kappa shape index (κ2) is 10.9. The SMILES string of the molecule is O=C(Nc1nc(COc2ccc(CCCCn3ccnn3)cc2)cs1)c1ccc(Cl)cc1. The van der Waals surface area contributed by atoms with E-state index in [1.54, 1.807) is 30.5 Å². The number of benzene rings is 2. The van der Waals surface area contributed by atoms with Gasteiger partial charge in [-0.1, -0.05) is 28.9 Å². The molecule has 0 aliphatic rings. The lowest BCUT2D eigenvalue weighted by atomic mass is 10.1. The van der Waals surface area contributed by atoms with E-state index in [2.05, 4.69) is 32.7 Å². The van der Waals surface area contributed by atoms with E-state index in [1.807, 2.05) is 28.4 Å². The van der Waals surface area contributed by atoms with Crippen LogP contribution in [0.2, 0.25) is 5.02 Å². The summed E-state index contributed by atoms with van der Waals surface area (Å²) in [4.78, 5) is 16.7. The zero-order chi connectivity index (χ0) is 22.2. The van der Waals surface area contributed by atoms with E-state index in [4.69, 9.17) is 16.3 Å². The van der Waals surface area contributed by atoms with E-state index in [0.717, 1.165) is 37.3 Å². The van der Waals surface area contributed by atoms with Gasteiger partial charge in [0.1, 0.15) is 12.4 Å². The quantitative estimate of drug-likeness (QED) is 0.322. The fraction of sp³-hybridized carbons (Fsp3) is 0.217. The Kier molecular flexibility index (Phi) is 7.47. The van der Waals surface area contributed by atoms with Gasteiger partial charge in [0, 0.05) is 28.7 Å². The summed E-state index contributed by atoms with van der Waals surface area (Å²) >= 11 is 7.22. The molecule has 0 atom stereocenters. The van der Waals surface area contributed by atoms with E-state index < -0.39 is 0 Å². The lowest BCUT2D eigenvalue weighted by molar-refractivity contribution is 0.102. The summed E-state index contributed by atoms with van der Waals surface area (Å²) in [5.74, 6) is 0.566. The van der Waals surface area contributed by atoms with Crippen molar-refractivity contribution in [1.29, 1.82) is 0 Å². The highest BCUT2D eigenvalue weighted by atomic mass is 35.5. The van der Waals surface area contributed by atoms with Gasteiger partial charge in [0.2, 0.25) is 0 Å². The second-order valence-corrected chi connectivity index (χ2v) is 8.46. The highest BCUT2D eigenvalue weighted by molar-refractivity contribution is 7.13. The van der Waals surface area contributed by atoms with Crippen LogP contribution in [0.15, 0.2) is 66.3 Å². The fourth-order valence-electron chi connectivity index (χ4n) is 3.07. The van der Waals surface area contributed by atoms with Crippen LogP contribution in [0.3, 0.4) is 0 Å². The Balaban J connectivity index is 1.20. The number of nitrogens with one attached hydrogen (secondary N) is 1. The minimum Gasteiger partial charge on any atom is -0.487 e. The number of carbonyl (C=O) groups excluding carboxylic acids is 1. The number of thiazole rings is 1. The first kappa shape index (κ1) is 22.0. The van der Waals surface area contributed by atoms with Crippen molar-refractivity contribution < 1.29 is 9.53 Å². The zero-order valence-corrected chi connectivity index (χ0v) is 18.9. The van der Waals surface area contributed by atoms with Crippen LogP contribution in [0.5, 0.6) is 5.75 Å². The fourth-order valence-corrected chi connectivity index (χ4v) is 3.88. The Bertz CT molecular complexity index is 1130. The first-order chi connectivity index (χ1) is 15.7. The summed E-state index contributed by atoms with van der Waals surface area (Å²) in [6.07, 6.45) is 6.73. The summed E-state index contributed by atoms with van der Waals surface area (Å²) in [5, 5.41) is 13.6. The molecule has 0 unspecified atom stereocenters. The molecule has 0 bridgehead atoms. The molecule has 0 aliphatic carbocycles. The summed E-state index contributed by atoms with van der Waals surface area (Å²) in [5.41, 5.74) is 2.57. The third-order valence-corrected chi connectivity index (χ3v) is 5.82. The van der Waals surface area contributed by atoms with Crippen LogP contribution in [0.25, 0.3) is 0 Å². The maximum Gasteiger partial charge on any atom is 0.257 e. The summed E-state index contributed by atoms with van der Waals surface area (Å²) in [6, 6.07) is 14.8. The van der Waals surface area contributed by atoms with Crippen LogP contribution >= 0.6 is 22.9 Å². The average molecular weight is 468 g/mol. The molecule has 9 heteroatoms. The van der Waals surface area contributed by atoms with Crippen LogP contribution in [0.4, 0.5) is 5.13 Å². The Labute approximate surface area is 195 Å². The smallest absolute Gasteiger partial charge is 0.257 e. The molecule has 2 aromatic heterocycles. The van der Waals surface area contributed by atoms with Crippen LogP contribution in [-0.2, 0) is 19.6 Å². The molecule has 0 radical (unpaired) electrons. The van der Waals surface area contributed by atoms with Crippen molar-refractivity contribution in [2.75, 3.05) is 5.32 Å². The molecule has 4 rings (SSSR count). The number of aromatic nitrogens is 4. The minimum absolute atomic E-state index is 0.222. The minimum atomic E-state index is -0.222. The number of anilines is 1. The van der Waals surface area contributed by atoms with Gasteiger partial charge in [0.25, 0.3) is 5.91 Å². The Hall–Kier alpha value is -3.23. The topological polar surface area (TPSA) is 81.9 Å². The van der Waals surface area contributed by atoms with E-state index >= 15 is 0 Å². The first-order valence-corrected chi connectivity index (χ1v) is 11.5. The molecule has 32 heavy (non-hydrogen) atoms. The molecule has 0 aliphatic heterocycles. The van der Waals surface area contributed by atoms with Gasteiger partial charge in [-0.3, -0.25) is 14.8 Å². The number of aryl methyl sites for hydroxylation is 2. The van der Waals surface area contributed by atoms with Crippen LogP contribution in [-0.4, -0.2) is 25.9 Å². The molecule has 2 heterocycles. The summed E-state index contributed by atoms with van der Waals surface area (Å²) < 4.78 is 7.69. The molecule has 4 aromatic rings. The predicted octanol–water partition coefficient (Wildman–Crippen LogP) is 5.24. The van der Waals surface area contributed by atoms with Gasteiger partial charge in [-0.2, -0.15) is 0 Å².